The summed E-state index contributed by atoms with van der Waals surface area (Å²) in [5.41, 5.74) is 1.45. The lowest BCUT2D eigenvalue weighted by molar-refractivity contribution is 0.168. The van der Waals surface area contributed by atoms with Gasteiger partial charge in [0.2, 0.25) is 0 Å². The van der Waals surface area contributed by atoms with Crippen molar-refractivity contribution < 1.29 is 9.47 Å². The topological polar surface area (TPSA) is 18.5 Å². The van der Waals surface area contributed by atoms with Crippen molar-refractivity contribution in [2.45, 2.75) is 32.6 Å². The predicted molar refractivity (Wildman–Crippen MR) is 78.0 cm³/mol. The van der Waals surface area contributed by atoms with Gasteiger partial charge in [0.05, 0.1) is 13.7 Å². The Balaban J connectivity index is 2.05. The van der Waals surface area contributed by atoms with Gasteiger partial charge in [-0.2, -0.15) is 12.6 Å². The Bertz CT molecular complexity index is 397. The van der Waals surface area contributed by atoms with E-state index >= 15 is 0 Å². The molecule has 0 radical (unpaired) electrons. The van der Waals surface area contributed by atoms with Crippen molar-refractivity contribution in [3.63, 3.8) is 0 Å². The molecule has 2 rings (SSSR count). The molecule has 18 heavy (non-hydrogen) atoms. The van der Waals surface area contributed by atoms with Gasteiger partial charge in [-0.1, -0.05) is 18.9 Å². The van der Waals surface area contributed by atoms with Crippen molar-refractivity contribution in [2.75, 3.05) is 19.5 Å². The summed E-state index contributed by atoms with van der Waals surface area (Å²) in [4.78, 5) is 0. The molecule has 3 heteroatoms. The number of rotatable bonds is 5. The average Bonchev–Trinajstić information content (AvgIpc) is 2.86. The van der Waals surface area contributed by atoms with Crippen LogP contribution in [-0.4, -0.2) is 19.5 Å². The van der Waals surface area contributed by atoms with Gasteiger partial charge >= 0.3 is 0 Å². The fourth-order valence-electron chi connectivity index (χ4n) is 2.60. The SMILES string of the molecule is COc1cc(C)ccc1OCC1(CS)CCCC1. The Morgan fingerprint density at radius 3 is 2.56 bits per heavy atom. The summed E-state index contributed by atoms with van der Waals surface area (Å²) < 4.78 is 11.4. The molecular weight excluding hydrogens is 244 g/mol. The van der Waals surface area contributed by atoms with Crippen LogP contribution < -0.4 is 9.47 Å². The first kappa shape index (κ1) is 13.6. The van der Waals surface area contributed by atoms with Crippen LogP contribution >= 0.6 is 12.6 Å². The predicted octanol–water partition coefficient (Wildman–Crippen LogP) is 3.87. The Morgan fingerprint density at radius 2 is 1.94 bits per heavy atom. The van der Waals surface area contributed by atoms with E-state index in [2.05, 4.69) is 25.6 Å². The van der Waals surface area contributed by atoms with Crippen molar-refractivity contribution in [2.24, 2.45) is 5.41 Å². The maximum absolute atomic E-state index is 5.99. The van der Waals surface area contributed by atoms with E-state index in [1.54, 1.807) is 7.11 Å². The summed E-state index contributed by atoms with van der Waals surface area (Å²) in [6, 6.07) is 6.06. The van der Waals surface area contributed by atoms with E-state index < -0.39 is 0 Å². The van der Waals surface area contributed by atoms with E-state index in [4.69, 9.17) is 9.47 Å². The zero-order chi connectivity index (χ0) is 13.0. The third-order valence-electron chi connectivity index (χ3n) is 3.85. The molecular formula is C15H22O2S. The first-order chi connectivity index (χ1) is 8.69. The van der Waals surface area contributed by atoms with Crippen molar-refractivity contribution in [1.82, 2.24) is 0 Å². The van der Waals surface area contributed by atoms with Gasteiger partial charge in [0.25, 0.3) is 0 Å². The van der Waals surface area contributed by atoms with Crippen LogP contribution in [0.4, 0.5) is 0 Å². The Morgan fingerprint density at radius 1 is 1.22 bits per heavy atom. The van der Waals surface area contributed by atoms with Gasteiger partial charge in [-0.15, -0.1) is 0 Å². The molecule has 0 saturated heterocycles. The molecule has 0 heterocycles. The van der Waals surface area contributed by atoms with Gasteiger partial charge in [0, 0.05) is 5.41 Å². The number of thiol groups is 1. The minimum absolute atomic E-state index is 0.263. The second-order valence-electron chi connectivity index (χ2n) is 5.31. The van der Waals surface area contributed by atoms with Crippen LogP contribution in [0.3, 0.4) is 0 Å². The molecule has 2 nitrogen and oxygen atoms in total. The molecule has 1 aromatic carbocycles. The highest BCUT2D eigenvalue weighted by atomic mass is 32.1. The number of hydrogen-bond donors (Lipinski definition) is 1. The quantitative estimate of drug-likeness (QED) is 0.816. The summed E-state index contributed by atoms with van der Waals surface area (Å²) in [6.45, 7) is 2.80. The fourth-order valence-corrected chi connectivity index (χ4v) is 3.01. The molecule has 1 saturated carbocycles. The lowest BCUT2D eigenvalue weighted by atomic mass is 9.90. The molecule has 0 atom stereocenters. The van der Waals surface area contributed by atoms with Gasteiger partial charge in [-0.05, 0) is 43.2 Å². The van der Waals surface area contributed by atoms with Gasteiger partial charge in [0.15, 0.2) is 11.5 Å². The van der Waals surface area contributed by atoms with Gasteiger partial charge in [-0.25, -0.2) is 0 Å². The van der Waals surface area contributed by atoms with Gasteiger partial charge in [-0.3, -0.25) is 0 Å². The van der Waals surface area contributed by atoms with E-state index in [1.807, 2.05) is 12.1 Å². The van der Waals surface area contributed by atoms with Crippen molar-refractivity contribution in [3.8, 4) is 11.5 Å². The standard InChI is InChI=1S/C15H22O2S/c1-12-5-6-13(14(9-12)16-2)17-10-15(11-18)7-3-4-8-15/h5-6,9,18H,3-4,7-8,10-11H2,1-2H3. The first-order valence-corrected chi connectivity index (χ1v) is 7.21. The summed E-state index contributed by atoms with van der Waals surface area (Å²) in [6.07, 6.45) is 5.05. The highest BCUT2D eigenvalue weighted by Gasteiger charge is 2.33. The van der Waals surface area contributed by atoms with Crippen molar-refractivity contribution in [1.29, 1.82) is 0 Å². The monoisotopic (exact) mass is 266 g/mol. The van der Waals surface area contributed by atoms with E-state index in [-0.39, 0.29) is 5.41 Å². The largest absolute Gasteiger partial charge is 0.493 e. The molecule has 1 aromatic rings. The molecule has 0 unspecified atom stereocenters. The lowest BCUT2D eigenvalue weighted by Gasteiger charge is -2.27. The summed E-state index contributed by atoms with van der Waals surface area (Å²) in [7, 11) is 1.69. The maximum atomic E-state index is 5.99. The van der Waals surface area contributed by atoms with Crippen LogP contribution in [0.5, 0.6) is 11.5 Å². The van der Waals surface area contributed by atoms with Crippen molar-refractivity contribution >= 4 is 12.6 Å². The first-order valence-electron chi connectivity index (χ1n) is 6.57. The molecule has 1 aliphatic rings. The molecule has 0 amide bonds. The fraction of sp³-hybridized carbons (Fsp3) is 0.600. The zero-order valence-electron chi connectivity index (χ0n) is 11.2. The third kappa shape index (κ3) is 2.94. The number of benzene rings is 1. The molecule has 0 spiro atoms. The van der Waals surface area contributed by atoms with Gasteiger partial charge in [0.1, 0.15) is 0 Å². The van der Waals surface area contributed by atoms with Crippen LogP contribution in [0.15, 0.2) is 18.2 Å². The molecule has 0 N–H and O–H groups in total. The average molecular weight is 266 g/mol. The minimum atomic E-state index is 0.263. The third-order valence-corrected chi connectivity index (χ3v) is 4.52. The van der Waals surface area contributed by atoms with Crippen LogP contribution in [0.2, 0.25) is 0 Å². The molecule has 0 aliphatic heterocycles. The van der Waals surface area contributed by atoms with Crippen LogP contribution in [0.1, 0.15) is 31.2 Å². The Hall–Kier alpha value is -0.830. The van der Waals surface area contributed by atoms with Gasteiger partial charge < -0.3 is 9.47 Å². The number of methoxy groups -OCH3 is 1. The van der Waals surface area contributed by atoms with E-state index in [0.29, 0.717) is 0 Å². The molecule has 0 bridgehead atoms. The van der Waals surface area contributed by atoms with Crippen LogP contribution in [0, 0.1) is 12.3 Å². The zero-order valence-corrected chi connectivity index (χ0v) is 12.1. The second-order valence-corrected chi connectivity index (χ2v) is 5.62. The minimum Gasteiger partial charge on any atom is -0.493 e. The van der Waals surface area contributed by atoms with E-state index in [1.165, 1.54) is 31.2 Å². The summed E-state index contributed by atoms with van der Waals surface area (Å²) in [5.74, 6) is 2.57. The normalized spacial score (nSPS) is 17.7. The van der Waals surface area contributed by atoms with E-state index in [9.17, 15) is 0 Å². The van der Waals surface area contributed by atoms with E-state index in [0.717, 1.165) is 23.9 Å². The summed E-state index contributed by atoms with van der Waals surface area (Å²) in [5, 5.41) is 0. The van der Waals surface area contributed by atoms with Crippen molar-refractivity contribution in [3.05, 3.63) is 23.8 Å². The van der Waals surface area contributed by atoms with Crippen LogP contribution in [-0.2, 0) is 0 Å². The smallest absolute Gasteiger partial charge is 0.161 e. The maximum Gasteiger partial charge on any atom is 0.161 e. The molecule has 100 valence electrons. The molecule has 0 aromatic heterocycles. The molecule has 1 aliphatic carbocycles. The number of hydrogen-bond acceptors (Lipinski definition) is 3. The Kier molecular flexibility index (Phi) is 4.44. The Labute approximate surface area is 115 Å². The highest BCUT2D eigenvalue weighted by molar-refractivity contribution is 7.80. The lowest BCUT2D eigenvalue weighted by Crippen LogP contribution is -2.27. The van der Waals surface area contributed by atoms with Crippen LogP contribution in [0.25, 0.3) is 0 Å². The highest BCUT2D eigenvalue weighted by Crippen LogP contribution is 2.40. The molecule has 1 fully saturated rings. The number of ether oxygens (including phenoxy) is 2. The second kappa shape index (κ2) is 5.87. The summed E-state index contributed by atoms with van der Waals surface area (Å²) >= 11 is 4.50. The number of aryl methyl sites for hydroxylation is 1.